The maximum atomic E-state index is 11.4. The van der Waals surface area contributed by atoms with Gasteiger partial charge in [-0.25, -0.2) is 0 Å². The molecule has 1 rings (SSSR count). The lowest BCUT2D eigenvalue weighted by molar-refractivity contribution is 0.0958. The first kappa shape index (κ1) is 13.4. The Morgan fingerprint density at radius 2 is 2.35 bits per heavy atom. The summed E-state index contributed by atoms with van der Waals surface area (Å²) in [6.45, 7) is 3.68. The number of nitrogens with one attached hydrogen (secondary N) is 2. The molecule has 17 heavy (non-hydrogen) atoms. The van der Waals surface area contributed by atoms with Crippen molar-refractivity contribution in [2.75, 3.05) is 25.5 Å². The highest BCUT2D eigenvalue weighted by molar-refractivity contribution is 5.92. The van der Waals surface area contributed by atoms with Crippen LogP contribution in [0.25, 0.3) is 0 Å². The number of rotatable bonds is 6. The molecule has 5 heteroatoms. The maximum absolute atomic E-state index is 11.4. The molecule has 0 aliphatic rings. The molecule has 0 saturated carbocycles. The van der Waals surface area contributed by atoms with E-state index >= 15 is 0 Å². The summed E-state index contributed by atoms with van der Waals surface area (Å²) in [5.74, 6) is 0.334. The van der Waals surface area contributed by atoms with Crippen LogP contribution in [0.3, 0.4) is 0 Å². The molecule has 1 unspecified atom stereocenters. The van der Waals surface area contributed by atoms with E-state index in [0.717, 1.165) is 18.7 Å². The topological polar surface area (TPSA) is 80.0 Å². The van der Waals surface area contributed by atoms with Gasteiger partial charge in [-0.1, -0.05) is 6.92 Å². The summed E-state index contributed by atoms with van der Waals surface area (Å²) in [7, 11) is 1.59. The normalized spacial score (nSPS) is 11.9. The number of hydrogen-bond acceptors (Lipinski definition) is 4. The third kappa shape index (κ3) is 4.40. The maximum Gasteiger partial charge on any atom is 0.269 e. The fourth-order valence-electron chi connectivity index (χ4n) is 1.47. The quantitative estimate of drug-likeness (QED) is 0.683. The van der Waals surface area contributed by atoms with Gasteiger partial charge in [-0.3, -0.25) is 9.78 Å². The predicted octanol–water partition coefficient (Wildman–Crippen LogP) is 0.838. The average molecular weight is 236 g/mol. The lowest BCUT2D eigenvalue weighted by Crippen LogP contribution is -2.20. The zero-order chi connectivity index (χ0) is 12.7. The second-order valence-electron chi connectivity index (χ2n) is 4.07. The zero-order valence-electron chi connectivity index (χ0n) is 10.4. The number of anilines is 1. The Kier molecular flexibility index (Phi) is 5.42. The molecule has 5 nitrogen and oxygen atoms in total. The summed E-state index contributed by atoms with van der Waals surface area (Å²) < 4.78 is 0. The van der Waals surface area contributed by atoms with Crippen LogP contribution in [0.1, 0.15) is 23.8 Å². The van der Waals surface area contributed by atoms with Crippen molar-refractivity contribution in [3.8, 4) is 0 Å². The number of nitrogens with two attached hydrogens (primary N) is 1. The number of carbonyl (C=O) groups excluding carboxylic acids is 1. The van der Waals surface area contributed by atoms with Crippen LogP contribution in [0, 0.1) is 5.92 Å². The van der Waals surface area contributed by atoms with Gasteiger partial charge in [-0.15, -0.1) is 0 Å². The smallest absolute Gasteiger partial charge is 0.269 e. The molecule has 0 radical (unpaired) electrons. The SMILES string of the molecule is CNC(=O)c1cc(NCC(C)CCN)ccn1. The van der Waals surface area contributed by atoms with Gasteiger partial charge in [0.1, 0.15) is 5.69 Å². The summed E-state index contributed by atoms with van der Waals surface area (Å²) in [5, 5.41) is 5.82. The van der Waals surface area contributed by atoms with Crippen molar-refractivity contribution in [3.05, 3.63) is 24.0 Å². The molecule has 0 aliphatic heterocycles. The fraction of sp³-hybridized carbons (Fsp3) is 0.500. The first-order valence-corrected chi connectivity index (χ1v) is 5.79. The number of carbonyl (C=O) groups is 1. The van der Waals surface area contributed by atoms with Gasteiger partial charge in [0.2, 0.25) is 0 Å². The summed E-state index contributed by atoms with van der Waals surface area (Å²) in [6, 6.07) is 3.59. The van der Waals surface area contributed by atoms with Crippen molar-refractivity contribution in [1.29, 1.82) is 0 Å². The van der Waals surface area contributed by atoms with E-state index in [1.54, 1.807) is 19.3 Å². The zero-order valence-corrected chi connectivity index (χ0v) is 10.4. The Balaban J connectivity index is 2.57. The van der Waals surface area contributed by atoms with Crippen molar-refractivity contribution >= 4 is 11.6 Å². The monoisotopic (exact) mass is 236 g/mol. The number of amides is 1. The van der Waals surface area contributed by atoms with Crippen LogP contribution in [-0.2, 0) is 0 Å². The molecule has 4 N–H and O–H groups in total. The van der Waals surface area contributed by atoms with Crippen molar-refractivity contribution in [3.63, 3.8) is 0 Å². The minimum atomic E-state index is -0.177. The average Bonchev–Trinajstić information content (AvgIpc) is 2.36. The number of nitrogens with zero attached hydrogens (tertiary/aromatic N) is 1. The summed E-state index contributed by atoms with van der Waals surface area (Å²) >= 11 is 0. The molecule has 0 saturated heterocycles. The first-order chi connectivity index (χ1) is 8.17. The molecule has 1 atom stereocenters. The molecule has 1 heterocycles. The molecule has 0 aliphatic carbocycles. The second kappa shape index (κ2) is 6.85. The molecule has 0 spiro atoms. The largest absolute Gasteiger partial charge is 0.385 e. The summed E-state index contributed by atoms with van der Waals surface area (Å²) in [6.07, 6.45) is 2.61. The van der Waals surface area contributed by atoms with E-state index in [1.165, 1.54) is 0 Å². The third-order valence-electron chi connectivity index (χ3n) is 2.53. The molecule has 94 valence electrons. The van der Waals surface area contributed by atoms with Crippen LogP contribution in [0.2, 0.25) is 0 Å². The summed E-state index contributed by atoms with van der Waals surface area (Å²) in [5.41, 5.74) is 6.81. The predicted molar refractivity (Wildman–Crippen MR) is 69.0 cm³/mol. The van der Waals surface area contributed by atoms with Gasteiger partial charge in [-0.05, 0) is 31.0 Å². The van der Waals surface area contributed by atoms with Gasteiger partial charge in [0.05, 0.1) is 0 Å². The fourth-order valence-corrected chi connectivity index (χ4v) is 1.47. The van der Waals surface area contributed by atoms with E-state index in [0.29, 0.717) is 18.2 Å². The van der Waals surface area contributed by atoms with E-state index in [2.05, 4.69) is 22.5 Å². The lowest BCUT2D eigenvalue weighted by Gasteiger charge is -2.12. The van der Waals surface area contributed by atoms with E-state index in [1.807, 2.05) is 6.07 Å². The van der Waals surface area contributed by atoms with Gasteiger partial charge in [0, 0.05) is 25.5 Å². The molecule has 0 bridgehead atoms. The van der Waals surface area contributed by atoms with E-state index in [4.69, 9.17) is 5.73 Å². The van der Waals surface area contributed by atoms with Crippen molar-refractivity contribution in [1.82, 2.24) is 10.3 Å². The molecule has 1 aromatic heterocycles. The van der Waals surface area contributed by atoms with Gasteiger partial charge in [0.25, 0.3) is 5.91 Å². The highest BCUT2D eigenvalue weighted by Crippen LogP contribution is 2.09. The molecule has 1 amide bonds. The highest BCUT2D eigenvalue weighted by atomic mass is 16.1. The van der Waals surface area contributed by atoms with Crippen LogP contribution in [-0.4, -0.2) is 31.0 Å². The Hall–Kier alpha value is -1.62. The van der Waals surface area contributed by atoms with Crippen molar-refractivity contribution in [2.24, 2.45) is 11.7 Å². The third-order valence-corrected chi connectivity index (χ3v) is 2.53. The van der Waals surface area contributed by atoms with Crippen LogP contribution < -0.4 is 16.4 Å². The van der Waals surface area contributed by atoms with E-state index in [-0.39, 0.29) is 5.91 Å². The van der Waals surface area contributed by atoms with Gasteiger partial charge in [-0.2, -0.15) is 0 Å². The molecule has 0 fully saturated rings. The molecular weight excluding hydrogens is 216 g/mol. The minimum Gasteiger partial charge on any atom is -0.385 e. The van der Waals surface area contributed by atoms with Crippen LogP contribution >= 0.6 is 0 Å². The highest BCUT2D eigenvalue weighted by Gasteiger charge is 2.06. The number of aromatic nitrogens is 1. The minimum absolute atomic E-state index is 0.177. The van der Waals surface area contributed by atoms with Gasteiger partial charge >= 0.3 is 0 Å². The second-order valence-corrected chi connectivity index (χ2v) is 4.07. The van der Waals surface area contributed by atoms with Crippen LogP contribution in [0.5, 0.6) is 0 Å². The standard InChI is InChI=1S/C12H20N4O/c1-9(3-5-13)8-16-10-4-6-15-11(7-10)12(17)14-2/h4,6-7,9H,3,5,8,13H2,1-2H3,(H,14,17)(H,15,16). The number of hydrogen-bond donors (Lipinski definition) is 3. The van der Waals surface area contributed by atoms with Crippen molar-refractivity contribution in [2.45, 2.75) is 13.3 Å². The molecular formula is C12H20N4O. The Labute approximate surface area is 102 Å². The Morgan fingerprint density at radius 3 is 3.00 bits per heavy atom. The van der Waals surface area contributed by atoms with Crippen LogP contribution in [0.15, 0.2) is 18.3 Å². The van der Waals surface area contributed by atoms with E-state index < -0.39 is 0 Å². The van der Waals surface area contributed by atoms with Gasteiger partial charge in [0.15, 0.2) is 0 Å². The number of pyridine rings is 1. The Bertz CT molecular complexity index is 367. The summed E-state index contributed by atoms with van der Waals surface area (Å²) in [4.78, 5) is 15.4. The molecule has 0 aromatic carbocycles. The van der Waals surface area contributed by atoms with Crippen molar-refractivity contribution < 1.29 is 4.79 Å². The lowest BCUT2D eigenvalue weighted by atomic mass is 10.1. The van der Waals surface area contributed by atoms with Crippen LogP contribution in [0.4, 0.5) is 5.69 Å². The van der Waals surface area contributed by atoms with E-state index in [9.17, 15) is 4.79 Å². The Morgan fingerprint density at radius 1 is 1.59 bits per heavy atom. The molecule has 1 aromatic rings. The van der Waals surface area contributed by atoms with Gasteiger partial charge < -0.3 is 16.4 Å². The first-order valence-electron chi connectivity index (χ1n) is 5.79.